The predicted octanol–water partition coefficient (Wildman–Crippen LogP) is 1.39. The van der Waals surface area contributed by atoms with E-state index in [1.807, 2.05) is 10.8 Å². The second-order valence-electron chi connectivity index (χ2n) is 2.45. The van der Waals surface area contributed by atoms with Crippen molar-refractivity contribution in [3.63, 3.8) is 0 Å². The fourth-order valence-corrected chi connectivity index (χ4v) is 2.54. The van der Waals surface area contributed by atoms with Crippen LogP contribution in [0, 0.1) is 0 Å². The Kier molecular flexibility index (Phi) is 3.25. The van der Waals surface area contributed by atoms with E-state index in [-0.39, 0.29) is 18.4 Å². The summed E-state index contributed by atoms with van der Waals surface area (Å²) >= 11 is 4.88. The summed E-state index contributed by atoms with van der Waals surface area (Å²) in [5.41, 5.74) is 11.7. The van der Waals surface area contributed by atoms with Crippen molar-refractivity contribution in [1.29, 1.82) is 0 Å². The molecule has 1 rings (SSSR count). The van der Waals surface area contributed by atoms with Crippen molar-refractivity contribution in [2.75, 3.05) is 0 Å². The smallest absolute Gasteiger partial charge is 0.219 e. The monoisotopic (exact) mass is 248 g/mol. The maximum Gasteiger partial charge on any atom is 0.219 e. The largest absolute Gasteiger partial charge is 0.370 e. The van der Waals surface area contributed by atoms with Crippen LogP contribution in [0.4, 0.5) is 0 Å². The van der Waals surface area contributed by atoms with Crippen molar-refractivity contribution in [1.82, 2.24) is 0 Å². The van der Waals surface area contributed by atoms with Gasteiger partial charge in [0.1, 0.15) is 0 Å². The van der Waals surface area contributed by atoms with Crippen LogP contribution < -0.4 is 11.5 Å². The van der Waals surface area contributed by atoms with Gasteiger partial charge in [-0.05, 0) is 26.9 Å². The van der Waals surface area contributed by atoms with Gasteiger partial charge in [-0.15, -0.1) is 0 Å². The molecule has 0 aromatic carbocycles. The average Bonchev–Trinajstić information content (AvgIpc) is 2.33. The molecule has 5 heteroatoms. The van der Waals surface area contributed by atoms with Gasteiger partial charge < -0.3 is 11.5 Å². The van der Waals surface area contributed by atoms with Crippen molar-refractivity contribution in [2.24, 2.45) is 11.5 Å². The first kappa shape index (κ1) is 9.70. The molecule has 1 aromatic rings. The van der Waals surface area contributed by atoms with Crippen LogP contribution in [0.1, 0.15) is 18.0 Å². The van der Waals surface area contributed by atoms with Gasteiger partial charge in [0, 0.05) is 22.3 Å². The highest BCUT2D eigenvalue weighted by molar-refractivity contribution is 9.10. The molecule has 0 fully saturated rings. The summed E-state index contributed by atoms with van der Waals surface area (Å²) < 4.78 is 0.946. The minimum atomic E-state index is -0.374. The second-order valence-corrected chi connectivity index (χ2v) is 4.05. The van der Waals surface area contributed by atoms with Gasteiger partial charge in [-0.1, -0.05) is 0 Å². The van der Waals surface area contributed by atoms with E-state index in [2.05, 4.69) is 15.9 Å². The summed E-state index contributed by atoms with van der Waals surface area (Å²) in [6.07, 6.45) is 0.190. The fraction of sp³-hybridized carbons (Fsp3) is 0.286. The number of rotatable bonds is 3. The Morgan fingerprint density at radius 3 is 2.75 bits per heavy atom. The van der Waals surface area contributed by atoms with Crippen LogP contribution in [0.3, 0.4) is 0 Å². The van der Waals surface area contributed by atoms with Crippen LogP contribution in [0.25, 0.3) is 0 Å². The molecule has 0 saturated carbocycles. The van der Waals surface area contributed by atoms with Gasteiger partial charge in [0.2, 0.25) is 5.91 Å². The highest BCUT2D eigenvalue weighted by Gasteiger charge is 2.12. The molecule has 0 radical (unpaired) electrons. The van der Waals surface area contributed by atoms with Gasteiger partial charge in [0.15, 0.2) is 0 Å². The number of thiophene rings is 1. The Bertz CT molecular complexity index is 287. The lowest BCUT2D eigenvalue weighted by atomic mass is 10.1. The number of amides is 1. The van der Waals surface area contributed by atoms with Crippen molar-refractivity contribution in [2.45, 2.75) is 12.5 Å². The minimum Gasteiger partial charge on any atom is -0.370 e. The molecule has 12 heavy (non-hydrogen) atoms. The van der Waals surface area contributed by atoms with E-state index in [0.29, 0.717) is 0 Å². The summed E-state index contributed by atoms with van der Waals surface area (Å²) in [5, 5.41) is 3.84. The third-order valence-electron chi connectivity index (χ3n) is 1.46. The molecule has 0 saturated heterocycles. The lowest BCUT2D eigenvalue weighted by Crippen LogP contribution is -2.20. The molecule has 1 amide bonds. The zero-order chi connectivity index (χ0) is 9.14. The zero-order valence-electron chi connectivity index (χ0n) is 6.29. The summed E-state index contributed by atoms with van der Waals surface area (Å²) in [6.45, 7) is 0. The first-order valence-electron chi connectivity index (χ1n) is 3.36. The van der Waals surface area contributed by atoms with Crippen molar-refractivity contribution >= 4 is 33.2 Å². The Balaban J connectivity index is 2.71. The highest BCUT2D eigenvalue weighted by Crippen LogP contribution is 2.27. The molecule has 1 unspecified atom stereocenters. The Labute approximate surface area is 82.9 Å². The average molecular weight is 249 g/mol. The Morgan fingerprint density at radius 2 is 2.33 bits per heavy atom. The lowest BCUT2D eigenvalue weighted by Gasteiger charge is -2.07. The molecule has 0 bridgehead atoms. The van der Waals surface area contributed by atoms with E-state index in [9.17, 15) is 4.79 Å². The van der Waals surface area contributed by atoms with Gasteiger partial charge >= 0.3 is 0 Å². The third kappa shape index (κ3) is 2.30. The van der Waals surface area contributed by atoms with E-state index in [1.165, 1.54) is 0 Å². The molecule has 4 N–H and O–H groups in total. The molecule has 0 spiro atoms. The fourth-order valence-electron chi connectivity index (χ4n) is 0.883. The molecule has 3 nitrogen and oxygen atoms in total. The minimum absolute atomic E-state index is 0.190. The van der Waals surface area contributed by atoms with E-state index in [1.54, 1.807) is 11.3 Å². The summed E-state index contributed by atoms with van der Waals surface area (Å²) in [6, 6.07) is -0.289. The predicted molar refractivity (Wildman–Crippen MR) is 52.8 cm³/mol. The first-order chi connectivity index (χ1) is 5.61. The number of halogens is 1. The molecule has 0 aliphatic carbocycles. The molecular formula is C7H9BrN2OS. The molecule has 1 aromatic heterocycles. The topological polar surface area (TPSA) is 69.1 Å². The molecule has 0 aliphatic heterocycles. The Morgan fingerprint density at radius 1 is 1.67 bits per heavy atom. The van der Waals surface area contributed by atoms with Crippen molar-refractivity contribution in [3.8, 4) is 0 Å². The van der Waals surface area contributed by atoms with Crippen LogP contribution in [-0.4, -0.2) is 5.91 Å². The van der Waals surface area contributed by atoms with E-state index < -0.39 is 0 Å². The van der Waals surface area contributed by atoms with Gasteiger partial charge in [0.25, 0.3) is 0 Å². The summed E-state index contributed by atoms with van der Waals surface area (Å²) in [7, 11) is 0. The van der Waals surface area contributed by atoms with E-state index >= 15 is 0 Å². The van der Waals surface area contributed by atoms with Crippen molar-refractivity contribution < 1.29 is 4.79 Å². The van der Waals surface area contributed by atoms with Gasteiger partial charge in [-0.2, -0.15) is 11.3 Å². The Hall–Kier alpha value is -0.390. The number of hydrogen-bond acceptors (Lipinski definition) is 3. The van der Waals surface area contributed by atoms with Gasteiger partial charge in [-0.3, -0.25) is 4.79 Å². The maximum absolute atomic E-state index is 10.5. The molecule has 66 valence electrons. The second kappa shape index (κ2) is 4.02. The van der Waals surface area contributed by atoms with E-state index in [0.717, 1.165) is 10.0 Å². The number of carbonyl (C=O) groups excluding carboxylic acids is 1. The van der Waals surface area contributed by atoms with Gasteiger partial charge in [-0.25, -0.2) is 0 Å². The van der Waals surface area contributed by atoms with Crippen LogP contribution in [0.5, 0.6) is 0 Å². The quantitative estimate of drug-likeness (QED) is 0.849. The summed E-state index contributed by atoms with van der Waals surface area (Å²) in [5.74, 6) is -0.374. The number of hydrogen-bond donors (Lipinski definition) is 2. The van der Waals surface area contributed by atoms with Crippen LogP contribution in [0.15, 0.2) is 15.2 Å². The van der Waals surface area contributed by atoms with Crippen molar-refractivity contribution in [3.05, 3.63) is 20.8 Å². The SMILES string of the molecule is NC(=O)CC(N)c1cscc1Br. The molecule has 0 aliphatic rings. The molecule has 1 atom stereocenters. The van der Waals surface area contributed by atoms with Crippen LogP contribution >= 0.6 is 27.3 Å². The zero-order valence-corrected chi connectivity index (χ0v) is 8.69. The third-order valence-corrected chi connectivity index (χ3v) is 3.21. The summed E-state index contributed by atoms with van der Waals surface area (Å²) in [4.78, 5) is 10.5. The standard InChI is InChI=1S/C7H9BrN2OS/c8-5-3-12-2-4(5)6(9)1-7(10)11/h2-3,6H,1,9H2,(H2,10,11). The molecular weight excluding hydrogens is 240 g/mol. The number of carbonyl (C=O) groups is 1. The maximum atomic E-state index is 10.5. The number of nitrogens with two attached hydrogens (primary N) is 2. The van der Waals surface area contributed by atoms with Gasteiger partial charge in [0.05, 0.1) is 0 Å². The first-order valence-corrected chi connectivity index (χ1v) is 5.10. The molecule has 1 heterocycles. The highest BCUT2D eigenvalue weighted by atomic mass is 79.9. The lowest BCUT2D eigenvalue weighted by molar-refractivity contribution is -0.118. The van der Waals surface area contributed by atoms with E-state index in [4.69, 9.17) is 11.5 Å². The van der Waals surface area contributed by atoms with Crippen LogP contribution in [0.2, 0.25) is 0 Å². The normalized spacial score (nSPS) is 12.8. The number of primary amides is 1. The van der Waals surface area contributed by atoms with Crippen LogP contribution in [-0.2, 0) is 4.79 Å².